The highest BCUT2D eigenvalue weighted by atomic mass is 35.5. The second-order valence-electron chi connectivity index (χ2n) is 2.08. The minimum atomic E-state index is -3.02. The van der Waals surface area contributed by atoms with Gasteiger partial charge in [-0.3, -0.25) is 4.79 Å². The molecule has 0 aromatic heterocycles. The normalized spacial score (nSPS) is 21.0. The van der Waals surface area contributed by atoms with Crippen molar-refractivity contribution >= 4 is 29.1 Å². The lowest BCUT2D eigenvalue weighted by atomic mass is 10.4. The molecule has 1 rings (SSSR count). The van der Waals surface area contributed by atoms with Gasteiger partial charge >= 0.3 is 6.43 Å². The van der Waals surface area contributed by atoms with E-state index in [1.54, 1.807) is 0 Å². The predicted molar refractivity (Wildman–Crippen MR) is 44.4 cm³/mol. The van der Waals surface area contributed by atoms with Gasteiger partial charge in [0.2, 0.25) is 5.78 Å². The van der Waals surface area contributed by atoms with Crippen molar-refractivity contribution in [1.29, 1.82) is 0 Å². The highest BCUT2D eigenvalue weighted by Crippen LogP contribution is 2.25. The van der Waals surface area contributed by atoms with Gasteiger partial charge in [-0.25, -0.2) is 8.78 Å². The Hall–Kier alpha value is -0.290. The number of rotatable bonds is 2. The van der Waals surface area contributed by atoms with Crippen molar-refractivity contribution in [1.82, 2.24) is 5.32 Å². The molecule has 0 aliphatic carbocycles. The standard InChI is InChI=1S/C6H6ClF2NOS/c7-3(4(11)5(8)9)6-10-1-2-12-6/h5,10H,1-2H2. The lowest BCUT2D eigenvalue weighted by Gasteiger charge is -2.01. The Morgan fingerprint density at radius 1 is 1.67 bits per heavy atom. The van der Waals surface area contributed by atoms with Crippen molar-refractivity contribution in [2.24, 2.45) is 0 Å². The lowest BCUT2D eigenvalue weighted by Crippen LogP contribution is -2.14. The summed E-state index contributed by atoms with van der Waals surface area (Å²) in [5.41, 5.74) is 0. The third-order valence-corrected chi connectivity index (χ3v) is 2.78. The molecule has 0 spiro atoms. The van der Waals surface area contributed by atoms with Crippen LogP contribution in [0.25, 0.3) is 0 Å². The van der Waals surface area contributed by atoms with Gasteiger partial charge in [-0.05, 0) is 0 Å². The first kappa shape index (κ1) is 9.80. The summed E-state index contributed by atoms with van der Waals surface area (Å²) in [6, 6.07) is 0. The number of thioether (sulfide) groups is 1. The monoisotopic (exact) mass is 213 g/mol. The number of alkyl halides is 2. The van der Waals surface area contributed by atoms with Gasteiger partial charge in [-0.15, -0.1) is 11.8 Å². The Morgan fingerprint density at radius 2 is 2.33 bits per heavy atom. The third kappa shape index (κ3) is 2.10. The number of hydrogen-bond acceptors (Lipinski definition) is 3. The van der Waals surface area contributed by atoms with Crippen LogP contribution < -0.4 is 5.32 Å². The molecule has 0 aromatic carbocycles. The Kier molecular flexibility index (Phi) is 3.34. The van der Waals surface area contributed by atoms with Gasteiger partial charge in [0, 0.05) is 12.3 Å². The summed E-state index contributed by atoms with van der Waals surface area (Å²) in [5.74, 6) is -0.559. The van der Waals surface area contributed by atoms with Crippen LogP contribution in [0.5, 0.6) is 0 Å². The predicted octanol–water partition coefficient (Wildman–Crippen LogP) is 1.56. The number of ketones is 1. The first-order valence-corrected chi connectivity index (χ1v) is 4.58. The molecule has 0 aromatic rings. The molecule has 1 heterocycles. The van der Waals surface area contributed by atoms with Gasteiger partial charge in [-0.1, -0.05) is 11.6 Å². The molecule has 1 aliphatic rings. The van der Waals surface area contributed by atoms with Crippen molar-refractivity contribution in [2.45, 2.75) is 6.43 Å². The summed E-state index contributed by atoms with van der Waals surface area (Å²) in [6.07, 6.45) is -3.02. The summed E-state index contributed by atoms with van der Waals surface area (Å²) in [4.78, 5) is 10.6. The van der Waals surface area contributed by atoms with Gasteiger partial charge in [-0.2, -0.15) is 0 Å². The maximum Gasteiger partial charge on any atom is 0.301 e. The third-order valence-electron chi connectivity index (χ3n) is 1.25. The van der Waals surface area contributed by atoms with Gasteiger partial charge < -0.3 is 5.32 Å². The van der Waals surface area contributed by atoms with E-state index in [2.05, 4.69) is 5.32 Å². The van der Waals surface area contributed by atoms with Gasteiger partial charge in [0.15, 0.2) is 0 Å². The van der Waals surface area contributed by atoms with Gasteiger partial charge in [0.25, 0.3) is 0 Å². The van der Waals surface area contributed by atoms with E-state index >= 15 is 0 Å². The summed E-state index contributed by atoms with van der Waals surface area (Å²) in [5, 5.41) is 2.73. The Labute approximate surface area is 77.3 Å². The van der Waals surface area contributed by atoms with Crippen LogP contribution in [0.4, 0.5) is 8.78 Å². The van der Waals surface area contributed by atoms with Crippen molar-refractivity contribution in [3.63, 3.8) is 0 Å². The second kappa shape index (κ2) is 4.09. The van der Waals surface area contributed by atoms with Crippen LogP contribution in [0, 0.1) is 0 Å². The fourth-order valence-electron chi connectivity index (χ4n) is 0.717. The molecule has 2 nitrogen and oxygen atoms in total. The van der Waals surface area contributed by atoms with E-state index in [0.717, 1.165) is 5.75 Å². The number of nitrogens with one attached hydrogen (secondary N) is 1. The summed E-state index contributed by atoms with van der Waals surface area (Å²) >= 11 is 6.68. The van der Waals surface area contributed by atoms with Crippen LogP contribution in [0.15, 0.2) is 10.1 Å². The average molecular weight is 214 g/mol. The molecule has 0 amide bonds. The number of allylic oxidation sites excluding steroid dienone is 1. The van der Waals surface area contributed by atoms with E-state index in [1.165, 1.54) is 11.8 Å². The smallest absolute Gasteiger partial charge is 0.301 e. The molecule has 1 aliphatic heterocycles. The fraction of sp³-hybridized carbons (Fsp3) is 0.500. The summed E-state index contributed by atoms with van der Waals surface area (Å²) < 4.78 is 23.7. The largest absolute Gasteiger partial charge is 0.378 e. The van der Waals surface area contributed by atoms with Crippen molar-refractivity contribution in [3.05, 3.63) is 10.1 Å². The van der Waals surface area contributed by atoms with E-state index in [9.17, 15) is 13.6 Å². The zero-order valence-electron chi connectivity index (χ0n) is 5.94. The van der Waals surface area contributed by atoms with Crippen LogP contribution in [-0.2, 0) is 4.79 Å². The van der Waals surface area contributed by atoms with Crippen LogP contribution in [0.1, 0.15) is 0 Å². The number of carbonyl (C=O) groups is 1. The molecule has 6 heteroatoms. The first-order chi connectivity index (χ1) is 5.63. The molecule has 0 bridgehead atoms. The number of halogens is 3. The Morgan fingerprint density at radius 3 is 2.75 bits per heavy atom. The maximum atomic E-state index is 11.8. The van der Waals surface area contributed by atoms with Crippen molar-refractivity contribution in [2.75, 3.05) is 12.3 Å². The highest BCUT2D eigenvalue weighted by molar-refractivity contribution is 8.03. The van der Waals surface area contributed by atoms with Crippen molar-refractivity contribution in [3.8, 4) is 0 Å². The molecule has 1 fully saturated rings. The first-order valence-electron chi connectivity index (χ1n) is 3.21. The van der Waals surface area contributed by atoms with E-state index in [1.807, 2.05) is 0 Å². The molecule has 1 N–H and O–H groups in total. The Balaban J connectivity index is 2.73. The van der Waals surface area contributed by atoms with Gasteiger partial charge in [0.1, 0.15) is 5.03 Å². The van der Waals surface area contributed by atoms with Crippen LogP contribution in [-0.4, -0.2) is 24.5 Å². The average Bonchev–Trinajstić information content (AvgIpc) is 2.53. The summed E-state index contributed by atoms with van der Waals surface area (Å²) in [6.45, 7) is 0.659. The molecular formula is C6H6ClF2NOS. The van der Waals surface area contributed by atoms with E-state index in [0.29, 0.717) is 11.6 Å². The molecular weight excluding hydrogens is 208 g/mol. The van der Waals surface area contributed by atoms with E-state index in [4.69, 9.17) is 11.6 Å². The summed E-state index contributed by atoms with van der Waals surface area (Å²) in [7, 11) is 0. The van der Waals surface area contributed by atoms with E-state index in [-0.39, 0.29) is 5.03 Å². The molecule has 68 valence electrons. The van der Waals surface area contributed by atoms with Crippen LogP contribution >= 0.6 is 23.4 Å². The maximum absolute atomic E-state index is 11.8. The van der Waals surface area contributed by atoms with Crippen LogP contribution in [0.2, 0.25) is 0 Å². The molecule has 1 saturated heterocycles. The number of Topliss-reactive ketones (excluding diaryl/α,β-unsaturated/α-hetero) is 1. The molecule has 12 heavy (non-hydrogen) atoms. The zero-order valence-corrected chi connectivity index (χ0v) is 7.51. The SMILES string of the molecule is O=C(C(Cl)=C1NCCS1)C(F)F. The zero-order chi connectivity index (χ0) is 9.14. The quantitative estimate of drug-likeness (QED) is 0.706. The number of hydrogen-bond donors (Lipinski definition) is 1. The minimum absolute atomic E-state index is 0.363. The molecule has 0 unspecified atom stereocenters. The Bertz CT molecular complexity index is 224. The highest BCUT2D eigenvalue weighted by Gasteiger charge is 2.24. The van der Waals surface area contributed by atoms with Crippen LogP contribution in [0.3, 0.4) is 0 Å². The molecule has 0 atom stereocenters. The molecule has 0 saturated carbocycles. The topological polar surface area (TPSA) is 29.1 Å². The number of carbonyl (C=O) groups excluding carboxylic acids is 1. The second-order valence-corrected chi connectivity index (χ2v) is 3.57. The van der Waals surface area contributed by atoms with E-state index < -0.39 is 12.2 Å². The molecule has 0 radical (unpaired) electrons. The fourth-order valence-corrected chi connectivity index (χ4v) is 1.87. The lowest BCUT2D eigenvalue weighted by molar-refractivity contribution is -0.124. The van der Waals surface area contributed by atoms with Gasteiger partial charge in [0.05, 0.1) is 5.03 Å². The minimum Gasteiger partial charge on any atom is -0.378 e. The van der Waals surface area contributed by atoms with Crippen molar-refractivity contribution < 1.29 is 13.6 Å².